The molecular weight excluding hydrogens is 723 g/mol. The van der Waals surface area contributed by atoms with Crippen LogP contribution < -0.4 is 19.9 Å². The highest BCUT2D eigenvalue weighted by atomic mass is 35.5. The molecule has 3 saturated heterocycles. The summed E-state index contributed by atoms with van der Waals surface area (Å²) in [4.78, 5) is 43.0. The van der Waals surface area contributed by atoms with Crippen LogP contribution in [-0.2, 0) is 23.2 Å². The third kappa shape index (κ3) is 7.23. The normalized spacial score (nSPS) is 22.4. The number of halogens is 2. The van der Waals surface area contributed by atoms with Crippen molar-refractivity contribution in [1.29, 1.82) is 5.26 Å². The summed E-state index contributed by atoms with van der Waals surface area (Å²) < 4.78 is 28.2. The third-order valence-electron chi connectivity index (χ3n) is 10.5. The van der Waals surface area contributed by atoms with Crippen LogP contribution in [0.25, 0.3) is 0 Å². The third-order valence-corrected chi connectivity index (χ3v) is 11.8. The first-order valence-electron chi connectivity index (χ1n) is 18.0. The molecule has 53 heavy (non-hydrogen) atoms. The van der Waals surface area contributed by atoms with Crippen molar-refractivity contribution in [2.24, 2.45) is 0 Å². The first-order valence-corrected chi connectivity index (χ1v) is 19.2. The molecule has 284 valence electrons. The molecule has 7 heterocycles. The number of nitrogens with one attached hydrogen (secondary N) is 1. The number of hydrogen-bond acceptors (Lipinski definition) is 12. The number of nitrogens with zero attached hydrogens (tertiary/aromatic N) is 9. The lowest BCUT2D eigenvalue weighted by Gasteiger charge is -2.49. The molecule has 4 aliphatic heterocycles. The van der Waals surface area contributed by atoms with Gasteiger partial charge in [-0.25, -0.2) is 9.18 Å². The molecule has 7 rings (SSSR count). The lowest BCUT2D eigenvalue weighted by Crippen LogP contribution is -2.58. The van der Waals surface area contributed by atoms with Gasteiger partial charge in [0, 0.05) is 64.7 Å². The molecule has 3 aromatic rings. The van der Waals surface area contributed by atoms with E-state index in [1.807, 2.05) is 11.4 Å². The molecule has 3 fully saturated rings. The fourth-order valence-electron chi connectivity index (χ4n) is 7.99. The molecule has 0 spiro atoms. The Morgan fingerprint density at radius 3 is 2.60 bits per heavy atom. The van der Waals surface area contributed by atoms with Gasteiger partial charge in [0.1, 0.15) is 41.1 Å². The molecule has 17 heteroatoms. The number of thiophene rings is 1. The molecule has 0 saturated carbocycles. The Hall–Kier alpha value is -4.20. The minimum absolute atomic E-state index is 0.207. The molecule has 2 amide bonds. The second-order valence-corrected chi connectivity index (χ2v) is 17.3. The van der Waals surface area contributed by atoms with Crippen LogP contribution in [0, 0.1) is 11.3 Å². The first-order chi connectivity index (χ1) is 25.1. The van der Waals surface area contributed by atoms with Crippen LogP contribution >= 0.6 is 22.9 Å². The number of rotatable bonds is 8. The van der Waals surface area contributed by atoms with E-state index in [1.54, 1.807) is 39.5 Å². The van der Waals surface area contributed by atoms with Crippen molar-refractivity contribution in [3.63, 3.8) is 0 Å². The van der Waals surface area contributed by atoms with E-state index in [9.17, 15) is 19.2 Å². The summed E-state index contributed by atoms with van der Waals surface area (Å²) in [5, 5.41) is 20.2. The molecule has 1 N–H and O–H groups in total. The quantitative estimate of drug-likeness (QED) is 0.312. The van der Waals surface area contributed by atoms with E-state index >= 15 is 0 Å². The van der Waals surface area contributed by atoms with Crippen LogP contribution in [0.3, 0.4) is 0 Å². The highest BCUT2D eigenvalue weighted by Gasteiger charge is 2.50. The Kier molecular flexibility index (Phi) is 9.73. The average Bonchev–Trinajstić information content (AvgIpc) is 3.78. The highest BCUT2D eigenvalue weighted by Crippen LogP contribution is 2.44. The minimum atomic E-state index is -0.883. The second kappa shape index (κ2) is 13.9. The number of fused-ring (bicyclic) bond motifs is 2. The van der Waals surface area contributed by atoms with Gasteiger partial charge in [0.2, 0.25) is 0 Å². The van der Waals surface area contributed by atoms with Gasteiger partial charge in [0.15, 0.2) is 5.69 Å². The number of anilines is 3. The Morgan fingerprint density at radius 1 is 1.17 bits per heavy atom. The van der Waals surface area contributed by atoms with Crippen LogP contribution in [0.4, 0.5) is 25.8 Å². The van der Waals surface area contributed by atoms with Gasteiger partial charge in [-0.1, -0.05) is 18.5 Å². The van der Waals surface area contributed by atoms with Crippen molar-refractivity contribution in [3.05, 3.63) is 39.0 Å². The van der Waals surface area contributed by atoms with Crippen molar-refractivity contribution >= 4 is 51.6 Å². The zero-order chi connectivity index (χ0) is 37.9. The predicted molar refractivity (Wildman–Crippen MR) is 200 cm³/mol. The molecule has 0 unspecified atom stereocenters. The van der Waals surface area contributed by atoms with E-state index in [0.29, 0.717) is 72.9 Å². The van der Waals surface area contributed by atoms with Crippen molar-refractivity contribution < 1.29 is 23.5 Å². The summed E-state index contributed by atoms with van der Waals surface area (Å²) >= 11 is 8.10. The summed E-state index contributed by atoms with van der Waals surface area (Å²) in [5.41, 5.74) is 0.772. The second-order valence-electron chi connectivity index (χ2n) is 16.0. The van der Waals surface area contributed by atoms with Crippen molar-refractivity contribution in [1.82, 2.24) is 29.5 Å². The number of alkyl halides is 1. The van der Waals surface area contributed by atoms with Crippen molar-refractivity contribution in [3.8, 4) is 12.1 Å². The lowest BCUT2D eigenvalue weighted by molar-refractivity contribution is 0.0636. The van der Waals surface area contributed by atoms with Gasteiger partial charge in [-0.05, 0) is 57.5 Å². The predicted octanol–water partition coefficient (Wildman–Crippen LogP) is 5.45. The number of nitriles is 1. The zero-order valence-electron chi connectivity index (χ0n) is 31.0. The molecule has 4 aliphatic rings. The summed E-state index contributed by atoms with van der Waals surface area (Å²) in [6.45, 7) is 11.7. The zero-order valence-corrected chi connectivity index (χ0v) is 32.6. The van der Waals surface area contributed by atoms with E-state index in [1.165, 1.54) is 16.2 Å². The topological polar surface area (TPSA) is 145 Å². The molecule has 2 atom stereocenters. The molecule has 0 aliphatic carbocycles. The highest BCUT2D eigenvalue weighted by molar-refractivity contribution is 7.14. The van der Waals surface area contributed by atoms with Gasteiger partial charge >= 0.3 is 12.1 Å². The monoisotopic (exact) mass is 768 g/mol. The SMILES string of the molecule is CN(C)C(=O)c1nn2c(c1Cl)CN(c1cc(N3CC(C)(c4csc(NC(=O)OC(C)(C)C)c4C#N)C3)nc(OC[C@@]34CCCN3C[C@H](F)C4)n1)CCC2. The van der Waals surface area contributed by atoms with Gasteiger partial charge in [-0.3, -0.25) is 19.7 Å². The van der Waals surface area contributed by atoms with Crippen LogP contribution in [0.5, 0.6) is 6.01 Å². The van der Waals surface area contributed by atoms with Crippen molar-refractivity contribution in [2.75, 3.05) is 68.5 Å². The molecule has 14 nitrogen and oxygen atoms in total. The summed E-state index contributed by atoms with van der Waals surface area (Å²) in [5.74, 6) is 1.03. The Morgan fingerprint density at radius 2 is 1.91 bits per heavy atom. The maximum atomic E-state index is 14.6. The maximum Gasteiger partial charge on any atom is 0.412 e. The standard InChI is InChI=1S/C36H46ClFN10O4S/c1-34(2,3)52-33(50)42-30-23(15-39)24(18-53-30)35(4)19-46(20-35)27-13-26(40-32(41-27)51-21-36-9-7-11-47(36)16-22(38)14-36)45-10-8-12-48-25(17-45)28(37)29(43-48)31(49)44(5)6/h13,18,22H,7-12,14,16-17,19-21H2,1-6H3,(H,42,50)/t22-,36+/m1/s1. The Bertz CT molecular complexity index is 1950. The van der Waals surface area contributed by atoms with E-state index in [2.05, 4.69) is 38.1 Å². The van der Waals surface area contributed by atoms with Gasteiger partial charge in [0.05, 0.1) is 28.4 Å². The fraction of sp³-hybridized carbons (Fsp3) is 0.611. The number of hydrogen-bond donors (Lipinski definition) is 1. The average molecular weight is 769 g/mol. The van der Waals surface area contributed by atoms with Gasteiger partial charge in [-0.15, -0.1) is 11.3 Å². The smallest absolute Gasteiger partial charge is 0.412 e. The summed E-state index contributed by atoms with van der Waals surface area (Å²) in [7, 11) is 3.34. The van der Waals surface area contributed by atoms with Crippen LogP contribution in [0.1, 0.15) is 80.7 Å². The number of ether oxygens (including phenoxy) is 2. The molecule has 0 aromatic carbocycles. The lowest BCUT2D eigenvalue weighted by atomic mass is 9.75. The van der Waals surface area contributed by atoms with Crippen molar-refractivity contribution in [2.45, 2.75) is 89.2 Å². The molecular formula is C36H46ClFN10O4S. The number of carbonyl (C=O) groups is 2. The Labute approximate surface area is 317 Å². The van der Waals surface area contributed by atoms with Crippen LogP contribution in [0.15, 0.2) is 11.4 Å². The Balaban J connectivity index is 1.16. The van der Waals surface area contributed by atoms with E-state index < -0.39 is 23.3 Å². The molecule has 0 bridgehead atoms. The number of amides is 2. The number of aromatic nitrogens is 4. The van der Waals surface area contributed by atoms with Crippen LogP contribution in [0.2, 0.25) is 5.02 Å². The van der Waals surface area contributed by atoms with Gasteiger partial charge in [0.25, 0.3) is 5.91 Å². The first kappa shape index (κ1) is 37.1. The van der Waals surface area contributed by atoms with Gasteiger partial charge in [-0.2, -0.15) is 20.3 Å². The van der Waals surface area contributed by atoms with E-state index in [0.717, 1.165) is 37.1 Å². The molecule has 0 radical (unpaired) electrons. The van der Waals surface area contributed by atoms with E-state index in [-0.39, 0.29) is 29.8 Å². The summed E-state index contributed by atoms with van der Waals surface area (Å²) in [6, 6.07) is 4.44. The van der Waals surface area contributed by atoms with Gasteiger partial charge < -0.3 is 24.2 Å². The number of aryl methyl sites for hydroxylation is 1. The molecule has 3 aromatic heterocycles. The summed E-state index contributed by atoms with van der Waals surface area (Å²) in [6.07, 6.45) is 1.53. The number of carbonyl (C=O) groups excluding carboxylic acids is 2. The largest absolute Gasteiger partial charge is 0.461 e. The maximum absolute atomic E-state index is 14.6. The van der Waals surface area contributed by atoms with E-state index in [4.69, 9.17) is 31.0 Å². The van der Waals surface area contributed by atoms with Crippen LogP contribution in [-0.4, -0.2) is 112 Å². The minimum Gasteiger partial charge on any atom is -0.461 e. The fourth-order valence-corrected chi connectivity index (χ4v) is 9.32.